The van der Waals surface area contributed by atoms with E-state index in [-0.39, 0.29) is 17.9 Å². The molecule has 1 aromatic carbocycles. The normalized spacial score (nSPS) is 15.7. The Labute approximate surface area is 177 Å². The van der Waals surface area contributed by atoms with E-state index in [1.54, 1.807) is 0 Å². The molecule has 7 heteroatoms. The third-order valence-corrected chi connectivity index (χ3v) is 5.86. The Morgan fingerprint density at radius 1 is 1.13 bits per heavy atom. The smallest absolute Gasteiger partial charge is 0.220 e. The van der Waals surface area contributed by atoms with Gasteiger partial charge < -0.3 is 9.88 Å². The lowest BCUT2D eigenvalue weighted by atomic mass is 10.0. The van der Waals surface area contributed by atoms with Gasteiger partial charge in [-0.3, -0.25) is 14.7 Å². The molecule has 1 atom stereocenters. The highest BCUT2D eigenvalue weighted by molar-refractivity contribution is 5.81. The Hall–Kier alpha value is -2.80. The fourth-order valence-electron chi connectivity index (χ4n) is 4.12. The van der Waals surface area contributed by atoms with Crippen molar-refractivity contribution in [2.24, 2.45) is 5.92 Å². The molecule has 158 valence electrons. The van der Waals surface area contributed by atoms with Gasteiger partial charge in [-0.1, -0.05) is 39.0 Å². The zero-order valence-electron chi connectivity index (χ0n) is 18.0. The van der Waals surface area contributed by atoms with Crippen LogP contribution in [0.1, 0.15) is 50.4 Å². The fourth-order valence-corrected chi connectivity index (χ4v) is 4.12. The number of pyridine rings is 1. The van der Waals surface area contributed by atoms with Crippen LogP contribution in [0.25, 0.3) is 10.9 Å². The Bertz CT molecular complexity index is 1020. The fraction of sp³-hybridized carbons (Fsp3) is 0.478. The quantitative estimate of drug-likeness (QED) is 0.681. The number of benzene rings is 1. The van der Waals surface area contributed by atoms with Crippen molar-refractivity contribution in [1.29, 1.82) is 0 Å². The summed E-state index contributed by atoms with van der Waals surface area (Å²) in [5.41, 5.74) is 2.34. The Morgan fingerprint density at radius 3 is 2.77 bits per heavy atom. The van der Waals surface area contributed by atoms with Gasteiger partial charge in [0.15, 0.2) is 5.82 Å². The molecule has 1 unspecified atom stereocenters. The summed E-state index contributed by atoms with van der Waals surface area (Å²) in [6.45, 7) is 9.66. The summed E-state index contributed by atoms with van der Waals surface area (Å²) in [5.74, 6) is 2.17. The van der Waals surface area contributed by atoms with E-state index >= 15 is 0 Å². The molecule has 0 radical (unpaired) electrons. The van der Waals surface area contributed by atoms with Gasteiger partial charge >= 0.3 is 0 Å². The lowest BCUT2D eigenvalue weighted by Crippen LogP contribution is -2.34. The first kappa shape index (κ1) is 20.5. The minimum atomic E-state index is -0.116. The first-order valence-electron chi connectivity index (χ1n) is 10.8. The largest absolute Gasteiger partial charge is 0.346 e. The molecule has 0 bridgehead atoms. The van der Waals surface area contributed by atoms with Crippen LogP contribution in [0.5, 0.6) is 0 Å². The summed E-state index contributed by atoms with van der Waals surface area (Å²) in [6, 6.07) is 10.3. The van der Waals surface area contributed by atoms with Crippen LogP contribution < -0.4 is 5.32 Å². The predicted octanol–water partition coefficient (Wildman–Crippen LogP) is 3.11. The van der Waals surface area contributed by atoms with Crippen molar-refractivity contribution in [3.8, 4) is 0 Å². The second-order valence-electron chi connectivity index (χ2n) is 8.28. The van der Waals surface area contributed by atoms with Crippen molar-refractivity contribution in [3.63, 3.8) is 0 Å². The Kier molecular flexibility index (Phi) is 6.08. The second-order valence-corrected chi connectivity index (χ2v) is 8.28. The van der Waals surface area contributed by atoms with Crippen molar-refractivity contribution >= 4 is 16.8 Å². The Morgan fingerprint density at radius 2 is 1.97 bits per heavy atom. The van der Waals surface area contributed by atoms with Gasteiger partial charge in [0.1, 0.15) is 5.82 Å². The topological polar surface area (TPSA) is 75.9 Å². The number of nitrogens with one attached hydrogen (secondary N) is 1. The highest BCUT2D eigenvalue weighted by atomic mass is 16.1. The van der Waals surface area contributed by atoms with Crippen LogP contribution in [0.2, 0.25) is 0 Å². The van der Waals surface area contributed by atoms with Crippen LogP contribution in [0.4, 0.5) is 0 Å². The monoisotopic (exact) mass is 406 g/mol. The van der Waals surface area contributed by atoms with Crippen molar-refractivity contribution < 1.29 is 4.79 Å². The minimum Gasteiger partial charge on any atom is -0.346 e. The zero-order valence-corrected chi connectivity index (χ0v) is 18.0. The molecular weight excluding hydrogens is 376 g/mol. The van der Waals surface area contributed by atoms with Crippen LogP contribution in [-0.4, -0.2) is 43.6 Å². The van der Waals surface area contributed by atoms with Crippen LogP contribution in [0, 0.1) is 5.92 Å². The maximum absolute atomic E-state index is 12.0. The standard InChI is InChI=1S/C23H30N6O/c1-4-21(30)25-22(16(2)3)23-27-26-20-10-12-28(13-14-29(20)23)15-17-9-11-24-19-8-6-5-7-18(17)19/h5-9,11,16,22H,4,10,12-15H2,1-3H3,(H,25,30). The van der Waals surface area contributed by atoms with Gasteiger partial charge in [-0.15, -0.1) is 10.2 Å². The first-order valence-corrected chi connectivity index (χ1v) is 10.8. The van der Waals surface area contributed by atoms with Gasteiger partial charge in [0, 0.05) is 50.6 Å². The third kappa shape index (κ3) is 4.21. The predicted molar refractivity (Wildman–Crippen MR) is 117 cm³/mol. The lowest BCUT2D eigenvalue weighted by Gasteiger charge is -2.23. The van der Waals surface area contributed by atoms with Crippen LogP contribution in [0.3, 0.4) is 0 Å². The average molecular weight is 407 g/mol. The molecule has 0 spiro atoms. The maximum atomic E-state index is 12.0. The molecule has 1 aliphatic rings. The summed E-state index contributed by atoms with van der Waals surface area (Å²) in [6.07, 6.45) is 3.21. The molecule has 2 aromatic heterocycles. The number of amides is 1. The van der Waals surface area contributed by atoms with E-state index in [9.17, 15) is 4.79 Å². The molecule has 3 aromatic rings. The number of aromatic nitrogens is 4. The number of fused-ring (bicyclic) bond motifs is 2. The third-order valence-electron chi connectivity index (χ3n) is 5.86. The van der Waals surface area contributed by atoms with E-state index in [1.807, 2.05) is 19.2 Å². The molecule has 0 fully saturated rings. The number of carbonyl (C=O) groups is 1. The summed E-state index contributed by atoms with van der Waals surface area (Å²) < 4.78 is 2.21. The van der Waals surface area contributed by atoms with Gasteiger partial charge in [-0.25, -0.2) is 0 Å². The van der Waals surface area contributed by atoms with Gasteiger partial charge in [0.05, 0.1) is 11.6 Å². The molecule has 4 rings (SSSR count). The van der Waals surface area contributed by atoms with Gasteiger partial charge in [-0.05, 0) is 23.6 Å². The molecule has 7 nitrogen and oxygen atoms in total. The SMILES string of the molecule is CCC(=O)NC(c1nnc2n1CCN(Cc1ccnc3ccccc13)CC2)C(C)C. The summed E-state index contributed by atoms with van der Waals surface area (Å²) >= 11 is 0. The number of para-hydroxylation sites is 1. The molecule has 3 heterocycles. The van der Waals surface area contributed by atoms with Crippen molar-refractivity contribution in [2.75, 3.05) is 13.1 Å². The summed E-state index contributed by atoms with van der Waals surface area (Å²) in [4.78, 5) is 19.0. The number of hydrogen-bond donors (Lipinski definition) is 1. The number of carbonyl (C=O) groups excluding carboxylic acids is 1. The molecule has 0 saturated carbocycles. The van der Waals surface area contributed by atoms with Crippen molar-refractivity contribution in [2.45, 2.75) is 52.7 Å². The summed E-state index contributed by atoms with van der Waals surface area (Å²) in [7, 11) is 0. The van der Waals surface area contributed by atoms with Crippen LogP contribution >= 0.6 is 0 Å². The van der Waals surface area contributed by atoms with E-state index in [0.29, 0.717) is 6.42 Å². The first-order chi connectivity index (χ1) is 14.6. The second kappa shape index (κ2) is 8.92. The van der Waals surface area contributed by atoms with E-state index in [1.165, 1.54) is 10.9 Å². The number of rotatable bonds is 6. The molecule has 1 aliphatic heterocycles. The van der Waals surface area contributed by atoms with Gasteiger partial charge in [0.25, 0.3) is 0 Å². The molecule has 30 heavy (non-hydrogen) atoms. The van der Waals surface area contributed by atoms with E-state index in [4.69, 9.17) is 0 Å². The van der Waals surface area contributed by atoms with Gasteiger partial charge in [-0.2, -0.15) is 0 Å². The van der Waals surface area contributed by atoms with E-state index in [0.717, 1.165) is 49.8 Å². The van der Waals surface area contributed by atoms with E-state index < -0.39 is 0 Å². The molecule has 1 N–H and O–H groups in total. The highest BCUT2D eigenvalue weighted by Gasteiger charge is 2.27. The minimum absolute atomic E-state index is 0.0471. The lowest BCUT2D eigenvalue weighted by molar-refractivity contribution is -0.121. The molecular formula is C23H30N6O. The number of hydrogen-bond acceptors (Lipinski definition) is 5. The maximum Gasteiger partial charge on any atom is 0.220 e. The zero-order chi connectivity index (χ0) is 21.1. The van der Waals surface area contributed by atoms with E-state index in [2.05, 4.69) is 68.1 Å². The van der Waals surface area contributed by atoms with Crippen molar-refractivity contribution in [3.05, 3.63) is 53.7 Å². The molecule has 0 aliphatic carbocycles. The molecule has 0 saturated heterocycles. The van der Waals surface area contributed by atoms with Crippen molar-refractivity contribution in [1.82, 2.24) is 30.0 Å². The average Bonchev–Trinajstić information content (AvgIpc) is 3.05. The van der Waals surface area contributed by atoms with Crippen LogP contribution in [-0.2, 0) is 24.3 Å². The highest BCUT2D eigenvalue weighted by Crippen LogP contribution is 2.24. The number of nitrogens with zero attached hydrogens (tertiary/aromatic N) is 5. The molecule has 1 amide bonds. The Balaban J connectivity index is 1.52. The summed E-state index contributed by atoms with van der Waals surface area (Å²) in [5, 5.41) is 13.3. The van der Waals surface area contributed by atoms with Gasteiger partial charge in [0.2, 0.25) is 5.91 Å². The van der Waals surface area contributed by atoms with Crippen LogP contribution in [0.15, 0.2) is 36.5 Å².